The van der Waals surface area contributed by atoms with E-state index in [0.717, 1.165) is 0 Å². The largest absolute Gasteiger partial charge is 0.0808 e. The van der Waals surface area contributed by atoms with Crippen LogP contribution >= 0.6 is 0 Å². The molecule has 2 aliphatic rings. The summed E-state index contributed by atoms with van der Waals surface area (Å²) in [7, 11) is 0. The van der Waals surface area contributed by atoms with Crippen LogP contribution in [0.4, 0.5) is 0 Å². The van der Waals surface area contributed by atoms with Gasteiger partial charge in [-0.1, -0.05) is 140 Å². The van der Waals surface area contributed by atoms with E-state index in [9.17, 15) is 0 Å². The van der Waals surface area contributed by atoms with Crippen molar-refractivity contribution in [3.63, 3.8) is 0 Å². The molecule has 0 N–H and O–H groups in total. The predicted molar refractivity (Wildman–Crippen MR) is 134 cm³/mol. The molecular formula is C30H46. The van der Waals surface area contributed by atoms with Crippen molar-refractivity contribution in [2.75, 3.05) is 0 Å². The lowest BCUT2D eigenvalue weighted by Gasteiger charge is -2.36. The number of fused-ring (bicyclic) bond motifs is 2. The van der Waals surface area contributed by atoms with Gasteiger partial charge < -0.3 is 0 Å². The van der Waals surface area contributed by atoms with Gasteiger partial charge in [0.25, 0.3) is 0 Å². The molecule has 0 amide bonds. The lowest BCUT2D eigenvalue weighted by Crippen LogP contribution is -2.28. The average molecular weight is 407 g/mol. The van der Waals surface area contributed by atoms with Crippen LogP contribution in [0.3, 0.4) is 0 Å². The molecule has 3 rings (SSSR count). The summed E-state index contributed by atoms with van der Waals surface area (Å²) < 4.78 is 0. The van der Waals surface area contributed by atoms with Gasteiger partial charge in [-0.3, -0.25) is 0 Å². The van der Waals surface area contributed by atoms with Crippen molar-refractivity contribution in [1.82, 2.24) is 0 Å². The number of unbranched alkanes of at least 4 members (excludes halogenated alkanes) is 10. The van der Waals surface area contributed by atoms with E-state index in [0.29, 0.717) is 11.3 Å². The zero-order valence-corrected chi connectivity index (χ0v) is 20.1. The molecule has 0 spiro atoms. The van der Waals surface area contributed by atoms with Crippen LogP contribution in [0.25, 0.3) is 5.57 Å². The number of allylic oxidation sites excluding steroid dienone is 4. The van der Waals surface area contributed by atoms with E-state index >= 15 is 0 Å². The van der Waals surface area contributed by atoms with E-state index in [1.807, 2.05) is 0 Å². The van der Waals surface area contributed by atoms with Gasteiger partial charge in [0.15, 0.2) is 0 Å². The second kappa shape index (κ2) is 11.9. The fourth-order valence-corrected chi connectivity index (χ4v) is 5.97. The molecule has 0 heterocycles. The second-order valence-electron chi connectivity index (χ2n) is 10.1. The van der Waals surface area contributed by atoms with E-state index in [2.05, 4.69) is 57.2 Å². The Bertz CT molecular complexity index is 689. The lowest BCUT2D eigenvalue weighted by molar-refractivity contribution is 0.374. The molecule has 0 aromatic heterocycles. The van der Waals surface area contributed by atoms with Crippen molar-refractivity contribution in [1.29, 1.82) is 0 Å². The second-order valence-corrected chi connectivity index (χ2v) is 10.1. The Morgan fingerprint density at radius 3 is 1.97 bits per heavy atom. The van der Waals surface area contributed by atoms with Gasteiger partial charge in [-0.15, -0.1) is 0 Å². The molecule has 0 heteroatoms. The first-order valence-corrected chi connectivity index (χ1v) is 13.2. The molecule has 1 aromatic carbocycles. The quantitative estimate of drug-likeness (QED) is 0.270. The molecule has 0 aliphatic heterocycles. The van der Waals surface area contributed by atoms with Gasteiger partial charge in [0.2, 0.25) is 0 Å². The predicted octanol–water partition coefficient (Wildman–Crippen LogP) is 9.79. The number of rotatable bonds is 14. The number of hydrogen-bond donors (Lipinski definition) is 0. The van der Waals surface area contributed by atoms with E-state index in [1.165, 1.54) is 96.3 Å². The Hall–Kier alpha value is -1.30. The van der Waals surface area contributed by atoms with Crippen molar-refractivity contribution in [3.8, 4) is 0 Å². The van der Waals surface area contributed by atoms with Crippen LogP contribution in [-0.2, 0) is 5.41 Å². The van der Waals surface area contributed by atoms with Gasteiger partial charge in [-0.25, -0.2) is 0 Å². The first-order valence-electron chi connectivity index (χ1n) is 13.2. The molecule has 0 bridgehead atoms. The van der Waals surface area contributed by atoms with Crippen LogP contribution in [0, 0.1) is 5.92 Å². The van der Waals surface area contributed by atoms with Crippen molar-refractivity contribution in [2.45, 2.75) is 122 Å². The summed E-state index contributed by atoms with van der Waals surface area (Å²) in [6.07, 6.45) is 25.7. The minimum atomic E-state index is 0.320. The maximum Gasteiger partial charge on any atom is 0.0177 e. The normalized spacial score (nSPS) is 19.2. The highest BCUT2D eigenvalue weighted by molar-refractivity contribution is 5.87. The third-order valence-corrected chi connectivity index (χ3v) is 7.67. The minimum absolute atomic E-state index is 0.320. The summed E-state index contributed by atoms with van der Waals surface area (Å²) in [6, 6.07) is 9.41. The zero-order valence-electron chi connectivity index (χ0n) is 20.1. The number of benzene rings is 1. The summed E-state index contributed by atoms with van der Waals surface area (Å²) in [5.74, 6) is 0.687. The standard InChI is InChI=1S/C30H46/c1-4-6-8-10-12-16-22-30(23-17-13-11-9-7-5-2)28-19-15-14-18-26(28)27-21-20-25(3)24-29(27)30/h14-15,18-21,25H,4-13,16-17,22-24H2,1-3H3. The van der Waals surface area contributed by atoms with Crippen LogP contribution in [0.15, 0.2) is 42.0 Å². The third-order valence-electron chi connectivity index (χ3n) is 7.67. The first kappa shape index (κ1) is 23.4. The van der Waals surface area contributed by atoms with Crippen LogP contribution < -0.4 is 0 Å². The fraction of sp³-hybridized carbons (Fsp3) is 0.667. The molecule has 30 heavy (non-hydrogen) atoms. The maximum atomic E-state index is 2.47. The fourth-order valence-electron chi connectivity index (χ4n) is 5.97. The monoisotopic (exact) mass is 406 g/mol. The van der Waals surface area contributed by atoms with Crippen LogP contribution in [0.1, 0.15) is 128 Å². The Morgan fingerprint density at radius 1 is 0.767 bits per heavy atom. The van der Waals surface area contributed by atoms with Crippen molar-refractivity contribution >= 4 is 5.57 Å². The Kier molecular flexibility index (Phi) is 9.28. The van der Waals surface area contributed by atoms with E-state index in [4.69, 9.17) is 0 Å². The van der Waals surface area contributed by atoms with Crippen molar-refractivity contribution in [3.05, 3.63) is 53.1 Å². The first-order chi connectivity index (χ1) is 14.7. The van der Waals surface area contributed by atoms with Gasteiger partial charge in [-0.2, -0.15) is 0 Å². The molecule has 0 saturated heterocycles. The highest BCUT2D eigenvalue weighted by Crippen LogP contribution is 2.55. The summed E-state index contributed by atoms with van der Waals surface area (Å²) >= 11 is 0. The molecule has 0 saturated carbocycles. The van der Waals surface area contributed by atoms with Crippen LogP contribution in [-0.4, -0.2) is 0 Å². The van der Waals surface area contributed by atoms with E-state index < -0.39 is 0 Å². The van der Waals surface area contributed by atoms with Gasteiger partial charge >= 0.3 is 0 Å². The average Bonchev–Trinajstić information content (AvgIpc) is 3.03. The Morgan fingerprint density at radius 2 is 1.33 bits per heavy atom. The zero-order chi connectivity index (χ0) is 21.2. The lowest BCUT2D eigenvalue weighted by atomic mass is 9.67. The summed E-state index contributed by atoms with van der Waals surface area (Å²) in [6.45, 7) is 7.04. The summed E-state index contributed by atoms with van der Waals surface area (Å²) in [5, 5.41) is 0. The van der Waals surface area contributed by atoms with Gasteiger partial charge in [0.05, 0.1) is 0 Å². The molecule has 1 aromatic rings. The Labute approximate surface area is 187 Å². The van der Waals surface area contributed by atoms with Crippen molar-refractivity contribution in [2.24, 2.45) is 5.92 Å². The highest BCUT2D eigenvalue weighted by Gasteiger charge is 2.44. The number of hydrogen-bond acceptors (Lipinski definition) is 0. The maximum absolute atomic E-state index is 2.47. The topological polar surface area (TPSA) is 0 Å². The van der Waals surface area contributed by atoms with Gasteiger partial charge in [-0.05, 0) is 41.9 Å². The molecule has 0 fully saturated rings. The molecule has 0 nitrogen and oxygen atoms in total. The third kappa shape index (κ3) is 5.49. The minimum Gasteiger partial charge on any atom is -0.0808 e. The summed E-state index contributed by atoms with van der Waals surface area (Å²) in [4.78, 5) is 0. The highest BCUT2D eigenvalue weighted by atomic mass is 14.5. The molecule has 1 atom stereocenters. The SMILES string of the molecule is CCCCCCCCC1(CCCCCCCC)C2=C(C=CC(C)C2)c2ccccc21. The summed E-state index contributed by atoms with van der Waals surface area (Å²) in [5.41, 5.74) is 6.91. The molecule has 2 aliphatic carbocycles. The smallest absolute Gasteiger partial charge is 0.0177 e. The van der Waals surface area contributed by atoms with Crippen molar-refractivity contribution < 1.29 is 0 Å². The van der Waals surface area contributed by atoms with Gasteiger partial charge in [0, 0.05) is 5.41 Å². The van der Waals surface area contributed by atoms with E-state index in [1.54, 1.807) is 22.3 Å². The molecule has 166 valence electrons. The van der Waals surface area contributed by atoms with Gasteiger partial charge in [0.1, 0.15) is 0 Å². The molecular weight excluding hydrogens is 360 g/mol. The van der Waals surface area contributed by atoms with E-state index in [-0.39, 0.29) is 0 Å². The van der Waals surface area contributed by atoms with Crippen LogP contribution in [0.2, 0.25) is 0 Å². The van der Waals surface area contributed by atoms with Crippen LogP contribution in [0.5, 0.6) is 0 Å². The Balaban J connectivity index is 1.77. The molecule has 0 radical (unpaired) electrons. The molecule has 1 unspecified atom stereocenters.